The summed E-state index contributed by atoms with van der Waals surface area (Å²) in [4.78, 5) is 4.05. The van der Waals surface area contributed by atoms with Gasteiger partial charge < -0.3 is 10.3 Å². The molecule has 0 unspecified atom stereocenters. The van der Waals surface area contributed by atoms with E-state index in [4.69, 9.17) is 17.3 Å². The van der Waals surface area contributed by atoms with E-state index in [1.165, 1.54) is 31.2 Å². The van der Waals surface area contributed by atoms with Crippen molar-refractivity contribution in [3.8, 4) is 5.69 Å². The molecule has 1 heterocycles. The van der Waals surface area contributed by atoms with Crippen LogP contribution in [0.5, 0.6) is 0 Å². The maximum atomic E-state index is 6.43. The molecule has 4 heteroatoms. The number of hydrogen-bond acceptors (Lipinski definition) is 2. The third kappa shape index (κ3) is 2.17. The van der Waals surface area contributed by atoms with Gasteiger partial charge in [-0.05, 0) is 30.5 Å². The van der Waals surface area contributed by atoms with E-state index in [0.29, 0.717) is 6.54 Å². The van der Waals surface area contributed by atoms with Gasteiger partial charge in [0.05, 0.1) is 17.0 Å². The highest BCUT2D eigenvalue weighted by atomic mass is 35.5. The van der Waals surface area contributed by atoms with Crippen LogP contribution in [0, 0.1) is 0 Å². The number of aromatic nitrogens is 2. The van der Waals surface area contributed by atoms with Crippen molar-refractivity contribution in [3.63, 3.8) is 0 Å². The van der Waals surface area contributed by atoms with Crippen LogP contribution in [-0.4, -0.2) is 16.1 Å². The van der Waals surface area contributed by atoms with E-state index >= 15 is 0 Å². The second-order valence-corrected chi connectivity index (χ2v) is 5.73. The molecule has 1 fully saturated rings. The summed E-state index contributed by atoms with van der Waals surface area (Å²) in [5.74, 6) is 0. The Morgan fingerprint density at radius 1 is 1.32 bits per heavy atom. The average Bonchev–Trinajstić information content (AvgIpc) is 3.11. The van der Waals surface area contributed by atoms with Crippen molar-refractivity contribution in [2.75, 3.05) is 6.54 Å². The van der Waals surface area contributed by atoms with Crippen LogP contribution in [0.3, 0.4) is 0 Å². The Kier molecular flexibility index (Phi) is 3.33. The highest BCUT2D eigenvalue weighted by Gasteiger charge is 2.34. The largest absolute Gasteiger partial charge is 0.330 e. The molecule has 0 bridgehead atoms. The summed E-state index contributed by atoms with van der Waals surface area (Å²) >= 11 is 6.43. The van der Waals surface area contributed by atoms with Gasteiger partial charge in [0.25, 0.3) is 0 Å². The molecule has 1 aromatic heterocycles. The van der Waals surface area contributed by atoms with Gasteiger partial charge in [-0.1, -0.05) is 30.5 Å². The van der Waals surface area contributed by atoms with Crippen molar-refractivity contribution in [3.05, 3.63) is 47.5 Å². The van der Waals surface area contributed by atoms with Crippen molar-refractivity contribution >= 4 is 11.6 Å². The van der Waals surface area contributed by atoms with E-state index in [0.717, 1.165) is 10.7 Å². The molecule has 1 aliphatic carbocycles. The molecule has 0 spiro atoms. The number of halogens is 1. The Bertz CT molecular complexity index is 557. The number of nitrogens with two attached hydrogens (primary N) is 1. The first-order valence-electron chi connectivity index (χ1n) is 6.74. The first-order chi connectivity index (χ1) is 9.25. The number of benzene rings is 1. The maximum Gasteiger partial charge on any atom is 0.0992 e. The van der Waals surface area contributed by atoms with Gasteiger partial charge in [0.15, 0.2) is 0 Å². The fourth-order valence-corrected chi connectivity index (χ4v) is 3.39. The predicted molar refractivity (Wildman–Crippen MR) is 77.8 cm³/mol. The zero-order chi connectivity index (χ0) is 13.3. The fraction of sp³-hybridized carbons (Fsp3) is 0.400. The summed E-state index contributed by atoms with van der Waals surface area (Å²) < 4.78 is 1.93. The summed E-state index contributed by atoms with van der Waals surface area (Å²) in [6, 6.07) is 6.31. The Hall–Kier alpha value is -1.32. The standard InChI is InChI=1S/C15H18ClN3/c16-13-9-12(15(10-17)5-1-2-6-15)3-4-14(13)19-8-7-18-11-19/h3-4,7-9,11H,1-2,5-6,10,17H2. The van der Waals surface area contributed by atoms with Crippen LogP contribution >= 0.6 is 11.6 Å². The molecule has 19 heavy (non-hydrogen) atoms. The van der Waals surface area contributed by atoms with Crippen LogP contribution in [-0.2, 0) is 5.41 Å². The Balaban J connectivity index is 2.00. The van der Waals surface area contributed by atoms with Gasteiger partial charge >= 0.3 is 0 Å². The lowest BCUT2D eigenvalue weighted by atomic mass is 9.79. The fourth-order valence-electron chi connectivity index (χ4n) is 3.11. The molecule has 0 amide bonds. The molecule has 1 aliphatic rings. The van der Waals surface area contributed by atoms with Crippen LogP contribution < -0.4 is 5.73 Å². The number of imidazole rings is 1. The lowest BCUT2D eigenvalue weighted by molar-refractivity contribution is 0.453. The summed E-state index contributed by atoms with van der Waals surface area (Å²) in [5, 5.41) is 0.759. The van der Waals surface area contributed by atoms with E-state index in [1.54, 1.807) is 12.5 Å². The monoisotopic (exact) mass is 275 g/mol. The third-order valence-electron chi connectivity index (χ3n) is 4.29. The van der Waals surface area contributed by atoms with E-state index in [9.17, 15) is 0 Å². The van der Waals surface area contributed by atoms with E-state index in [-0.39, 0.29) is 5.41 Å². The van der Waals surface area contributed by atoms with Crippen LogP contribution in [0.15, 0.2) is 36.9 Å². The van der Waals surface area contributed by atoms with Crippen molar-refractivity contribution in [2.24, 2.45) is 5.73 Å². The van der Waals surface area contributed by atoms with E-state index in [2.05, 4.69) is 23.2 Å². The van der Waals surface area contributed by atoms with Crippen LogP contribution in [0.25, 0.3) is 5.69 Å². The molecule has 3 rings (SSSR count). The molecule has 2 aromatic rings. The van der Waals surface area contributed by atoms with Crippen LogP contribution in [0.1, 0.15) is 31.2 Å². The zero-order valence-electron chi connectivity index (χ0n) is 10.8. The highest BCUT2D eigenvalue weighted by molar-refractivity contribution is 6.32. The normalized spacial score (nSPS) is 17.8. The van der Waals surface area contributed by atoms with E-state index < -0.39 is 0 Å². The smallest absolute Gasteiger partial charge is 0.0992 e. The molecule has 0 aliphatic heterocycles. The zero-order valence-corrected chi connectivity index (χ0v) is 11.6. The molecule has 0 saturated heterocycles. The third-order valence-corrected chi connectivity index (χ3v) is 4.60. The van der Waals surface area contributed by atoms with Gasteiger partial charge in [0.1, 0.15) is 0 Å². The van der Waals surface area contributed by atoms with Gasteiger partial charge in [-0.25, -0.2) is 4.98 Å². The molecule has 100 valence electrons. The van der Waals surface area contributed by atoms with Gasteiger partial charge in [0, 0.05) is 24.4 Å². The maximum absolute atomic E-state index is 6.43. The van der Waals surface area contributed by atoms with Gasteiger partial charge in [0.2, 0.25) is 0 Å². The molecule has 0 radical (unpaired) electrons. The molecular formula is C15H18ClN3. The molecule has 1 saturated carbocycles. The number of rotatable bonds is 3. The van der Waals surface area contributed by atoms with Gasteiger partial charge in [-0.15, -0.1) is 0 Å². The van der Waals surface area contributed by atoms with Crippen molar-refractivity contribution in [2.45, 2.75) is 31.1 Å². The Morgan fingerprint density at radius 2 is 2.11 bits per heavy atom. The predicted octanol–water partition coefficient (Wildman–Crippen LogP) is 3.30. The first-order valence-corrected chi connectivity index (χ1v) is 7.11. The van der Waals surface area contributed by atoms with Crippen LogP contribution in [0.2, 0.25) is 5.02 Å². The molecular weight excluding hydrogens is 258 g/mol. The second kappa shape index (κ2) is 4.99. The van der Waals surface area contributed by atoms with Crippen molar-refractivity contribution in [1.82, 2.24) is 9.55 Å². The summed E-state index contributed by atoms with van der Waals surface area (Å²) in [6.07, 6.45) is 10.3. The van der Waals surface area contributed by atoms with Crippen molar-refractivity contribution < 1.29 is 0 Å². The minimum atomic E-state index is 0.136. The molecule has 2 N–H and O–H groups in total. The highest BCUT2D eigenvalue weighted by Crippen LogP contribution is 2.41. The lowest BCUT2D eigenvalue weighted by Crippen LogP contribution is -2.32. The SMILES string of the molecule is NCC1(c2ccc(-n3ccnc3)c(Cl)c2)CCCC1. The lowest BCUT2D eigenvalue weighted by Gasteiger charge is -2.28. The molecule has 1 aromatic carbocycles. The van der Waals surface area contributed by atoms with E-state index in [1.807, 2.05) is 10.8 Å². The number of nitrogens with zero attached hydrogens (tertiary/aromatic N) is 2. The summed E-state index contributed by atoms with van der Waals surface area (Å²) in [7, 11) is 0. The first kappa shape index (κ1) is 12.7. The minimum absolute atomic E-state index is 0.136. The minimum Gasteiger partial charge on any atom is -0.330 e. The number of hydrogen-bond donors (Lipinski definition) is 1. The average molecular weight is 276 g/mol. The topological polar surface area (TPSA) is 43.8 Å². The molecule has 0 atom stereocenters. The van der Waals surface area contributed by atoms with Gasteiger partial charge in [-0.3, -0.25) is 0 Å². The quantitative estimate of drug-likeness (QED) is 0.934. The summed E-state index contributed by atoms with van der Waals surface area (Å²) in [5.41, 5.74) is 8.41. The molecule has 3 nitrogen and oxygen atoms in total. The second-order valence-electron chi connectivity index (χ2n) is 5.33. The Morgan fingerprint density at radius 3 is 2.68 bits per heavy atom. The van der Waals surface area contributed by atoms with Crippen LogP contribution in [0.4, 0.5) is 0 Å². The van der Waals surface area contributed by atoms with Crippen molar-refractivity contribution in [1.29, 1.82) is 0 Å². The van der Waals surface area contributed by atoms with Gasteiger partial charge in [-0.2, -0.15) is 0 Å². The Labute approximate surface area is 118 Å². The summed E-state index contributed by atoms with van der Waals surface area (Å²) in [6.45, 7) is 0.702.